The van der Waals surface area contributed by atoms with Crippen LogP contribution in [0.25, 0.3) is 0 Å². The van der Waals surface area contributed by atoms with E-state index >= 15 is 0 Å². The molecule has 2 rings (SSSR count). The van der Waals surface area contributed by atoms with Crippen molar-refractivity contribution in [3.05, 3.63) is 29.6 Å². The first-order chi connectivity index (χ1) is 9.81. The molecule has 1 aromatic rings. The van der Waals surface area contributed by atoms with Gasteiger partial charge in [0.15, 0.2) is 0 Å². The minimum Gasteiger partial charge on any atom is -0.396 e. The Kier molecular flexibility index (Phi) is 4.36. The number of nitrogens with zero attached hydrogens (tertiary/aromatic N) is 1. The number of amides is 2. The van der Waals surface area contributed by atoms with E-state index in [2.05, 4.69) is 5.32 Å². The van der Waals surface area contributed by atoms with Gasteiger partial charge in [0.25, 0.3) is 0 Å². The lowest BCUT2D eigenvalue weighted by atomic mass is 10.1. The summed E-state index contributed by atoms with van der Waals surface area (Å²) in [6.07, 6.45) is -4.00. The summed E-state index contributed by atoms with van der Waals surface area (Å²) >= 11 is 0. The van der Waals surface area contributed by atoms with Gasteiger partial charge in [-0.25, -0.2) is 9.18 Å². The summed E-state index contributed by atoms with van der Waals surface area (Å²) in [5.41, 5.74) is -1.55. The van der Waals surface area contributed by atoms with E-state index in [1.807, 2.05) is 0 Å². The van der Waals surface area contributed by atoms with Crippen molar-refractivity contribution in [2.45, 2.75) is 12.6 Å². The van der Waals surface area contributed by atoms with Crippen molar-refractivity contribution in [1.29, 1.82) is 0 Å². The van der Waals surface area contributed by atoms with Crippen LogP contribution in [0.5, 0.6) is 0 Å². The fourth-order valence-corrected chi connectivity index (χ4v) is 2.16. The molecule has 1 saturated heterocycles. The molecule has 0 bridgehead atoms. The van der Waals surface area contributed by atoms with Crippen LogP contribution in [0, 0.1) is 11.7 Å². The van der Waals surface area contributed by atoms with Crippen LogP contribution in [0.4, 0.5) is 28.0 Å². The predicted octanol–water partition coefficient (Wildman–Crippen LogP) is 2.69. The number of carbonyl (C=O) groups excluding carboxylic acids is 1. The number of hydrogen-bond donors (Lipinski definition) is 2. The molecule has 1 unspecified atom stereocenters. The summed E-state index contributed by atoms with van der Waals surface area (Å²) in [5, 5.41) is 11.1. The Morgan fingerprint density at radius 1 is 1.43 bits per heavy atom. The van der Waals surface area contributed by atoms with Gasteiger partial charge < -0.3 is 15.3 Å². The molecule has 2 N–H and O–H groups in total. The molecular formula is C13H14F4N2O2. The van der Waals surface area contributed by atoms with E-state index in [-0.39, 0.29) is 12.5 Å². The predicted molar refractivity (Wildman–Crippen MR) is 67.2 cm³/mol. The van der Waals surface area contributed by atoms with Crippen molar-refractivity contribution in [2.24, 2.45) is 5.92 Å². The van der Waals surface area contributed by atoms with Crippen molar-refractivity contribution < 1.29 is 27.5 Å². The van der Waals surface area contributed by atoms with Crippen LogP contribution >= 0.6 is 0 Å². The summed E-state index contributed by atoms with van der Waals surface area (Å²) < 4.78 is 51.2. The van der Waals surface area contributed by atoms with Gasteiger partial charge >= 0.3 is 12.2 Å². The van der Waals surface area contributed by atoms with Crippen LogP contribution in [-0.2, 0) is 6.18 Å². The zero-order chi connectivity index (χ0) is 15.6. The lowest BCUT2D eigenvalue weighted by molar-refractivity contribution is -0.137. The van der Waals surface area contributed by atoms with E-state index in [0.29, 0.717) is 37.7 Å². The van der Waals surface area contributed by atoms with Crippen molar-refractivity contribution in [3.63, 3.8) is 0 Å². The first-order valence-corrected chi connectivity index (χ1v) is 6.35. The Bertz CT molecular complexity index is 533. The smallest absolute Gasteiger partial charge is 0.396 e. The lowest BCUT2D eigenvalue weighted by Gasteiger charge is -2.18. The quantitative estimate of drug-likeness (QED) is 0.825. The minimum absolute atomic E-state index is 0.0536. The van der Waals surface area contributed by atoms with Crippen LogP contribution in [0.3, 0.4) is 0 Å². The summed E-state index contributed by atoms with van der Waals surface area (Å²) in [5.74, 6) is -0.989. The highest BCUT2D eigenvalue weighted by Gasteiger charge is 2.32. The number of halogens is 4. The Morgan fingerprint density at radius 2 is 2.14 bits per heavy atom. The number of nitrogens with one attached hydrogen (secondary N) is 1. The molecule has 0 aromatic heterocycles. The summed E-state index contributed by atoms with van der Waals surface area (Å²) in [6, 6.07) is 1.16. The average Bonchev–Trinajstić information content (AvgIpc) is 2.88. The fourth-order valence-electron chi connectivity index (χ4n) is 2.16. The van der Waals surface area contributed by atoms with Gasteiger partial charge in [0, 0.05) is 25.6 Å². The number of urea groups is 1. The maximum absolute atomic E-state index is 13.5. The van der Waals surface area contributed by atoms with Gasteiger partial charge in [-0.3, -0.25) is 0 Å². The first kappa shape index (κ1) is 15.6. The third-order valence-corrected chi connectivity index (χ3v) is 3.37. The number of carbonyl (C=O) groups is 1. The second-order valence-electron chi connectivity index (χ2n) is 4.91. The van der Waals surface area contributed by atoms with Crippen LogP contribution in [0.2, 0.25) is 0 Å². The molecule has 1 aliphatic heterocycles. The van der Waals surface area contributed by atoms with E-state index in [0.717, 1.165) is 0 Å². The molecule has 0 spiro atoms. The molecular weight excluding hydrogens is 292 g/mol. The fraction of sp³-hybridized carbons (Fsp3) is 0.462. The van der Waals surface area contributed by atoms with Crippen molar-refractivity contribution in [1.82, 2.24) is 4.90 Å². The zero-order valence-electron chi connectivity index (χ0n) is 11.0. The number of hydrogen-bond acceptors (Lipinski definition) is 2. The van der Waals surface area contributed by atoms with Gasteiger partial charge in [0.2, 0.25) is 0 Å². The van der Waals surface area contributed by atoms with Gasteiger partial charge in [-0.1, -0.05) is 0 Å². The van der Waals surface area contributed by atoms with Crippen LogP contribution in [0.15, 0.2) is 18.2 Å². The Labute approximate surface area is 118 Å². The Balaban J connectivity index is 2.10. The number of aliphatic hydroxyl groups excluding tert-OH is 1. The van der Waals surface area contributed by atoms with E-state index in [9.17, 15) is 22.4 Å². The summed E-state index contributed by atoms with van der Waals surface area (Å²) in [4.78, 5) is 13.2. The monoisotopic (exact) mass is 306 g/mol. The van der Waals surface area contributed by atoms with Crippen molar-refractivity contribution >= 4 is 11.7 Å². The highest BCUT2D eigenvalue weighted by molar-refractivity contribution is 5.89. The Morgan fingerprint density at radius 3 is 2.71 bits per heavy atom. The summed E-state index contributed by atoms with van der Waals surface area (Å²) in [7, 11) is 0. The maximum Gasteiger partial charge on any atom is 0.416 e. The SMILES string of the molecule is O=C(Nc1cc(C(F)(F)F)ccc1F)N1CCC(CO)C1. The number of rotatable bonds is 2. The number of benzene rings is 1. The highest BCUT2D eigenvalue weighted by Crippen LogP contribution is 2.32. The molecule has 1 aliphatic rings. The molecule has 21 heavy (non-hydrogen) atoms. The second-order valence-corrected chi connectivity index (χ2v) is 4.91. The summed E-state index contributed by atoms with van der Waals surface area (Å²) in [6.45, 7) is 0.599. The number of likely N-dealkylation sites (tertiary alicyclic amines) is 1. The molecule has 8 heteroatoms. The van der Waals surface area contributed by atoms with Gasteiger partial charge in [0.05, 0.1) is 11.3 Å². The second kappa shape index (κ2) is 5.88. The molecule has 1 aromatic carbocycles. The average molecular weight is 306 g/mol. The molecule has 4 nitrogen and oxygen atoms in total. The third kappa shape index (κ3) is 3.63. The third-order valence-electron chi connectivity index (χ3n) is 3.37. The van der Waals surface area contributed by atoms with Gasteiger partial charge in [-0.05, 0) is 24.6 Å². The van der Waals surface area contributed by atoms with E-state index in [4.69, 9.17) is 5.11 Å². The molecule has 0 aliphatic carbocycles. The molecule has 1 atom stereocenters. The molecule has 0 radical (unpaired) electrons. The van der Waals surface area contributed by atoms with Gasteiger partial charge in [-0.15, -0.1) is 0 Å². The largest absolute Gasteiger partial charge is 0.416 e. The first-order valence-electron chi connectivity index (χ1n) is 6.35. The standard InChI is InChI=1S/C13H14F4N2O2/c14-10-2-1-9(13(15,16)17)5-11(10)18-12(21)19-4-3-8(6-19)7-20/h1-2,5,8,20H,3-4,6-7H2,(H,18,21). The highest BCUT2D eigenvalue weighted by atomic mass is 19.4. The number of alkyl halides is 3. The maximum atomic E-state index is 13.5. The molecule has 0 saturated carbocycles. The van der Waals surface area contributed by atoms with Crippen LogP contribution in [0.1, 0.15) is 12.0 Å². The van der Waals surface area contributed by atoms with Crippen LogP contribution < -0.4 is 5.32 Å². The molecule has 1 heterocycles. The van der Waals surface area contributed by atoms with E-state index < -0.39 is 29.3 Å². The van der Waals surface area contributed by atoms with E-state index in [1.54, 1.807) is 0 Å². The van der Waals surface area contributed by atoms with Crippen molar-refractivity contribution in [3.8, 4) is 0 Å². The van der Waals surface area contributed by atoms with Crippen molar-refractivity contribution in [2.75, 3.05) is 25.0 Å². The van der Waals surface area contributed by atoms with Gasteiger partial charge in [0.1, 0.15) is 5.82 Å². The Hall–Kier alpha value is -1.83. The van der Waals surface area contributed by atoms with E-state index in [1.165, 1.54) is 4.90 Å². The number of anilines is 1. The minimum atomic E-state index is -4.61. The van der Waals surface area contributed by atoms with Crippen LogP contribution in [-0.4, -0.2) is 35.7 Å². The molecule has 1 fully saturated rings. The molecule has 116 valence electrons. The lowest BCUT2D eigenvalue weighted by Crippen LogP contribution is -2.33. The zero-order valence-corrected chi connectivity index (χ0v) is 11.0. The normalized spacial score (nSPS) is 18.9. The topological polar surface area (TPSA) is 52.6 Å². The number of aliphatic hydroxyl groups is 1. The van der Waals surface area contributed by atoms with Gasteiger partial charge in [-0.2, -0.15) is 13.2 Å². The molecule has 2 amide bonds.